The van der Waals surface area contributed by atoms with Crippen LogP contribution in [0, 0.1) is 11.8 Å². The highest BCUT2D eigenvalue weighted by Gasteiger charge is 2.25. The molecule has 0 aromatic carbocycles. The first kappa shape index (κ1) is 12.2. The Morgan fingerprint density at radius 3 is 2.76 bits per heavy atom. The third kappa shape index (κ3) is 3.11. The molecular formula is C14H22N2O. The molecule has 0 bridgehead atoms. The zero-order valence-corrected chi connectivity index (χ0v) is 10.9. The minimum absolute atomic E-state index is 0.578. The number of methoxy groups -OCH3 is 1. The molecule has 1 aromatic rings. The van der Waals surface area contributed by atoms with Crippen molar-refractivity contribution < 1.29 is 4.74 Å². The van der Waals surface area contributed by atoms with E-state index in [0.717, 1.165) is 17.5 Å². The number of hydrogen-bond donors (Lipinski definition) is 1. The summed E-state index contributed by atoms with van der Waals surface area (Å²) in [5.41, 5.74) is 1.09. The number of nitrogens with zero attached hydrogens (tertiary/aromatic N) is 1. The van der Waals surface area contributed by atoms with Gasteiger partial charge >= 0.3 is 0 Å². The number of ether oxygens (including phenoxy) is 1. The van der Waals surface area contributed by atoms with Crippen LogP contribution in [0.3, 0.4) is 0 Å². The largest absolute Gasteiger partial charge is 0.481 e. The summed E-state index contributed by atoms with van der Waals surface area (Å²) in [5.74, 6) is 2.24. The van der Waals surface area contributed by atoms with Crippen molar-refractivity contribution in [2.24, 2.45) is 11.8 Å². The first-order valence-corrected chi connectivity index (χ1v) is 6.45. The molecule has 3 unspecified atom stereocenters. The van der Waals surface area contributed by atoms with Gasteiger partial charge in [0, 0.05) is 12.1 Å². The normalized spacial score (nSPS) is 28.8. The van der Waals surface area contributed by atoms with Crippen LogP contribution < -0.4 is 10.1 Å². The Labute approximate surface area is 104 Å². The Kier molecular flexibility index (Phi) is 3.87. The third-order valence-electron chi connectivity index (χ3n) is 3.76. The van der Waals surface area contributed by atoms with Gasteiger partial charge in [-0.25, -0.2) is 4.98 Å². The molecular weight excluding hydrogens is 212 g/mol. The van der Waals surface area contributed by atoms with Gasteiger partial charge in [-0.2, -0.15) is 0 Å². The van der Waals surface area contributed by atoms with Gasteiger partial charge in [-0.15, -0.1) is 0 Å². The maximum Gasteiger partial charge on any atom is 0.213 e. The van der Waals surface area contributed by atoms with Gasteiger partial charge in [-0.1, -0.05) is 20.3 Å². The Hall–Kier alpha value is -1.25. The van der Waals surface area contributed by atoms with Gasteiger partial charge in [0.25, 0.3) is 0 Å². The molecule has 0 spiro atoms. The second-order valence-corrected chi connectivity index (χ2v) is 5.24. The molecule has 17 heavy (non-hydrogen) atoms. The molecule has 0 saturated heterocycles. The monoisotopic (exact) mass is 234 g/mol. The summed E-state index contributed by atoms with van der Waals surface area (Å²) in [4.78, 5) is 4.22. The Morgan fingerprint density at radius 2 is 2.12 bits per heavy atom. The molecule has 1 aromatic heterocycles. The predicted octanol–water partition coefficient (Wildman–Crippen LogP) is 3.33. The van der Waals surface area contributed by atoms with Gasteiger partial charge in [0.1, 0.15) is 0 Å². The lowest BCUT2D eigenvalue weighted by atomic mass is 9.80. The topological polar surface area (TPSA) is 34.1 Å². The van der Waals surface area contributed by atoms with E-state index in [-0.39, 0.29) is 0 Å². The fraction of sp³-hybridized carbons (Fsp3) is 0.643. The lowest BCUT2D eigenvalue weighted by Crippen LogP contribution is -2.33. The fourth-order valence-electron chi connectivity index (χ4n) is 2.53. The maximum atomic E-state index is 5.06. The van der Waals surface area contributed by atoms with Crippen molar-refractivity contribution in [2.45, 2.75) is 39.2 Å². The van der Waals surface area contributed by atoms with E-state index in [4.69, 9.17) is 4.74 Å². The zero-order chi connectivity index (χ0) is 12.3. The predicted molar refractivity (Wildman–Crippen MR) is 70.4 cm³/mol. The summed E-state index contributed by atoms with van der Waals surface area (Å²) < 4.78 is 5.06. The first-order chi connectivity index (χ1) is 8.19. The highest BCUT2D eigenvalue weighted by molar-refractivity contribution is 5.43. The van der Waals surface area contributed by atoms with E-state index in [1.165, 1.54) is 19.3 Å². The van der Waals surface area contributed by atoms with Crippen molar-refractivity contribution in [3.05, 3.63) is 18.3 Å². The van der Waals surface area contributed by atoms with E-state index < -0.39 is 0 Å². The summed E-state index contributed by atoms with van der Waals surface area (Å²) in [6, 6.07) is 4.52. The lowest BCUT2D eigenvalue weighted by molar-refractivity contribution is 0.280. The maximum absolute atomic E-state index is 5.06. The number of hydrogen-bond acceptors (Lipinski definition) is 3. The standard InChI is InChI=1S/C14H22N2O/c1-10-4-5-11(2)13(8-10)16-12-6-7-14(17-3)15-9-12/h6-7,9-11,13,16H,4-5,8H2,1-3H3. The molecule has 1 heterocycles. The van der Waals surface area contributed by atoms with Gasteiger partial charge in [-0.05, 0) is 30.7 Å². The van der Waals surface area contributed by atoms with E-state index in [9.17, 15) is 0 Å². The van der Waals surface area contributed by atoms with Gasteiger partial charge in [0.05, 0.1) is 19.0 Å². The van der Waals surface area contributed by atoms with Crippen molar-refractivity contribution in [3.8, 4) is 5.88 Å². The van der Waals surface area contributed by atoms with E-state index in [2.05, 4.69) is 24.1 Å². The molecule has 94 valence electrons. The average molecular weight is 234 g/mol. The molecule has 3 heteroatoms. The molecule has 1 saturated carbocycles. The van der Waals surface area contributed by atoms with Crippen LogP contribution in [-0.2, 0) is 0 Å². The SMILES string of the molecule is COc1ccc(NC2CC(C)CCC2C)cn1. The summed E-state index contributed by atoms with van der Waals surface area (Å²) in [6.45, 7) is 4.67. The van der Waals surface area contributed by atoms with Crippen LogP contribution in [0.15, 0.2) is 18.3 Å². The van der Waals surface area contributed by atoms with E-state index in [0.29, 0.717) is 11.9 Å². The summed E-state index contributed by atoms with van der Waals surface area (Å²) in [7, 11) is 1.64. The molecule has 0 aliphatic heterocycles. The number of anilines is 1. The Morgan fingerprint density at radius 1 is 1.29 bits per heavy atom. The summed E-state index contributed by atoms with van der Waals surface area (Å²) in [6.07, 6.45) is 5.79. The highest BCUT2D eigenvalue weighted by atomic mass is 16.5. The zero-order valence-electron chi connectivity index (χ0n) is 10.9. The minimum atomic E-state index is 0.578. The highest BCUT2D eigenvalue weighted by Crippen LogP contribution is 2.30. The van der Waals surface area contributed by atoms with Crippen LogP contribution in [-0.4, -0.2) is 18.1 Å². The second-order valence-electron chi connectivity index (χ2n) is 5.24. The molecule has 1 aliphatic rings. The quantitative estimate of drug-likeness (QED) is 0.871. The molecule has 1 aliphatic carbocycles. The van der Waals surface area contributed by atoms with Crippen LogP contribution in [0.4, 0.5) is 5.69 Å². The van der Waals surface area contributed by atoms with Crippen LogP contribution in [0.25, 0.3) is 0 Å². The second kappa shape index (κ2) is 5.39. The first-order valence-electron chi connectivity index (χ1n) is 6.45. The molecule has 3 nitrogen and oxygen atoms in total. The molecule has 3 atom stereocenters. The van der Waals surface area contributed by atoms with Gasteiger partial charge in [0.2, 0.25) is 5.88 Å². The van der Waals surface area contributed by atoms with Crippen molar-refractivity contribution in [2.75, 3.05) is 12.4 Å². The lowest BCUT2D eigenvalue weighted by Gasteiger charge is -2.33. The number of aromatic nitrogens is 1. The molecule has 2 rings (SSSR count). The van der Waals surface area contributed by atoms with E-state index in [1.54, 1.807) is 7.11 Å². The van der Waals surface area contributed by atoms with Crippen LogP contribution in [0.2, 0.25) is 0 Å². The Balaban J connectivity index is 1.98. The average Bonchev–Trinajstić information content (AvgIpc) is 2.35. The molecule has 1 N–H and O–H groups in total. The number of rotatable bonds is 3. The van der Waals surface area contributed by atoms with E-state index in [1.807, 2.05) is 18.3 Å². The minimum Gasteiger partial charge on any atom is -0.481 e. The van der Waals surface area contributed by atoms with Crippen molar-refractivity contribution >= 4 is 5.69 Å². The fourth-order valence-corrected chi connectivity index (χ4v) is 2.53. The smallest absolute Gasteiger partial charge is 0.213 e. The summed E-state index contributed by atoms with van der Waals surface area (Å²) in [5, 5.41) is 3.59. The number of nitrogens with one attached hydrogen (secondary N) is 1. The van der Waals surface area contributed by atoms with Gasteiger partial charge < -0.3 is 10.1 Å². The number of pyridine rings is 1. The van der Waals surface area contributed by atoms with Gasteiger partial charge in [-0.3, -0.25) is 0 Å². The van der Waals surface area contributed by atoms with E-state index >= 15 is 0 Å². The van der Waals surface area contributed by atoms with Crippen molar-refractivity contribution in [3.63, 3.8) is 0 Å². The third-order valence-corrected chi connectivity index (χ3v) is 3.76. The molecule has 1 fully saturated rings. The van der Waals surface area contributed by atoms with Crippen LogP contribution in [0.1, 0.15) is 33.1 Å². The molecule has 0 amide bonds. The Bertz CT molecular complexity index is 350. The summed E-state index contributed by atoms with van der Waals surface area (Å²) >= 11 is 0. The van der Waals surface area contributed by atoms with Gasteiger partial charge in [0.15, 0.2) is 0 Å². The molecule has 0 radical (unpaired) electrons. The van der Waals surface area contributed by atoms with Crippen molar-refractivity contribution in [1.82, 2.24) is 4.98 Å². The van der Waals surface area contributed by atoms with Crippen LogP contribution >= 0.6 is 0 Å². The van der Waals surface area contributed by atoms with Crippen molar-refractivity contribution in [1.29, 1.82) is 0 Å². The van der Waals surface area contributed by atoms with Crippen LogP contribution in [0.5, 0.6) is 5.88 Å².